The zero-order valence-corrected chi connectivity index (χ0v) is 12.4. The molecule has 0 aliphatic heterocycles. The Morgan fingerprint density at radius 2 is 1.56 bits per heavy atom. The molecule has 1 amide bonds. The van der Waals surface area contributed by atoms with Crippen LogP contribution in [0.5, 0.6) is 0 Å². The molecular formula is C16H25NO. The number of benzene rings is 1. The van der Waals surface area contributed by atoms with E-state index in [0.717, 1.165) is 5.56 Å². The van der Waals surface area contributed by atoms with E-state index in [1.165, 1.54) is 5.56 Å². The van der Waals surface area contributed by atoms with Crippen molar-refractivity contribution in [2.45, 2.75) is 41.5 Å². The van der Waals surface area contributed by atoms with E-state index in [-0.39, 0.29) is 16.7 Å². The number of amides is 1. The molecule has 0 atom stereocenters. The van der Waals surface area contributed by atoms with Gasteiger partial charge in [0.05, 0.1) is 0 Å². The SMILES string of the molecule is Cc1ccc(C(=O)NCC(C)(C)C(C)(C)C)cc1. The van der Waals surface area contributed by atoms with Gasteiger partial charge in [0.25, 0.3) is 5.91 Å². The lowest BCUT2D eigenvalue weighted by molar-refractivity contribution is 0.0867. The summed E-state index contributed by atoms with van der Waals surface area (Å²) in [7, 11) is 0. The minimum Gasteiger partial charge on any atom is -0.351 e. The maximum Gasteiger partial charge on any atom is 0.251 e. The third-order valence-electron chi connectivity index (χ3n) is 4.03. The normalized spacial score (nSPS) is 12.3. The average molecular weight is 247 g/mol. The summed E-state index contributed by atoms with van der Waals surface area (Å²) in [5, 5.41) is 3.03. The lowest BCUT2D eigenvalue weighted by Crippen LogP contribution is -2.41. The largest absolute Gasteiger partial charge is 0.351 e. The Morgan fingerprint density at radius 1 is 1.06 bits per heavy atom. The maximum absolute atomic E-state index is 12.0. The number of nitrogens with one attached hydrogen (secondary N) is 1. The van der Waals surface area contributed by atoms with Gasteiger partial charge < -0.3 is 5.32 Å². The lowest BCUT2D eigenvalue weighted by atomic mass is 9.69. The summed E-state index contributed by atoms with van der Waals surface area (Å²) >= 11 is 0. The van der Waals surface area contributed by atoms with E-state index < -0.39 is 0 Å². The first-order valence-electron chi connectivity index (χ1n) is 6.48. The Bertz CT molecular complexity index is 410. The molecule has 2 nitrogen and oxygen atoms in total. The van der Waals surface area contributed by atoms with Crippen LogP contribution in [0.15, 0.2) is 24.3 Å². The molecule has 100 valence electrons. The van der Waals surface area contributed by atoms with Gasteiger partial charge in [-0.05, 0) is 29.9 Å². The van der Waals surface area contributed by atoms with Gasteiger partial charge in [0, 0.05) is 12.1 Å². The predicted molar refractivity (Wildman–Crippen MR) is 76.7 cm³/mol. The van der Waals surface area contributed by atoms with E-state index in [1.54, 1.807) is 0 Å². The highest BCUT2D eigenvalue weighted by Gasteiger charge is 2.32. The lowest BCUT2D eigenvalue weighted by Gasteiger charge is -2.38. The van der Waals surface area contributed by atoms with Crippen molar-refractivity contribution in [3.8, 4) is 0 Å². The number of hydrogen-bond acceptors (Lipinski definition) is 1. The molecule has 1 aromatic rings. The molecule has 0 bridgehead atoms. The molecule has 2 heteroatoms. The Balaban J connectivity index is 2.65. The van der Waals surface area contributed by atoms with Crippen molar-refractivity contribution in [3.63, 3.8) is 0 Å². The fourth-order valence-corrected chi connectivity index (χ4v) is 1.37. The van der Waals surface area contributed by atoms with Gasteiger partial charge in [0.15, 0.2) is 0 Å². The molecule has 0 saturated heterocycles. The molecule has 1 aromatic carbocycles. The van der Waals surface area contributed by atoms with Crippen molar-refractivity contribution in [3.05, 3.63) is 35.4 Å². The fourth-order valence-electron chi connectivity index (χ4n) is 1.37. The van der Waals surface area contributed by atoms with Crippen LogP contribution >= 0.6 is 0 Å². The van der Waals surface area contributed by atoms with Crippen LogP contribution in [0.3, 0.4) is 0 Å². The van der Waals surface area contributed by atoms with Crippen molar-refractivity contribution >= 4 is 5.91 Å². The summed E-state index contributed by atoms with van der Waals surface area (Å²) in [6.45, 7) is 13.7. The van der Waals surface area contributed by atoms with E-state index in [1.807, 2.05) is 31.2 Å². The van der Waals surface area contributed by atoms with E-state index >= 15 is 0 Å². The Labute approximate surface area is 111 Å². The van der Waals surface area contributed by atoms with Gasteiger partial charge in [-0.15, -0.1) is 0 Å². The second kappa shape index (κ2) is 5.13. The zero-order valence-electron chi connectivity index (χ0n) is 12.4. The molecule has 0 aliphatic carbocycles. The van der Waals surface area contributed by atoms with E-state index in [2.05, 4.69) is 39.9 Å². The van der Waals surface area contributed by atoms with Crippen LogP contribution in [-0.2, 0) is 0 Å². The molecule has 0 heterocycles. The summed E-state index contributed by atoms with van der Waals surface area (Å²) in [4.78, 5) is 12.0. The fraction of sp³-hybridized carbons (Fsp3) is 0.562. The van der Waals surface area contributed by atoms with Crippen molar-refractivity contribution < 1.29 is 4.79 Å². The molecule has 18 heavy (non-hydrogen) atoms. The van der Waals surface area contributed by atoms with Gasteiger partial charge in [-0.25, -0.2) is 0 Å². The smallest absolute Gasteiger partial charge is 0.251 e. The quantitative estimate of drug-likeness (QED) is 0.865. The second-order valence-corrected chi connectivity index (χ2v) is 6.68. The van der Waals surface area contributed by atoms with Gasteiger partial charge in [0.2, 0.25) is 0 Å². The van der Waals surface area contributed by atoms with Crippen LogP contribution in [0.25, 0.3) is 0 Å². The maximum atomic E-state index is 12.0. The van der Waals surface area contributed by atoms with Gasteiger partial charge in [0.1, 0.15) is 0 Å². The average Bonchev–Trinajstić information content (AvgIpc) is 2.25. The van der Waals surface area contributed by atoms with Crippen molar-refractivity contribution in [2.24, 2.45) is 10.8 Å². The van der Waals surface area contributed by atoms with Gasteiger partial charge in [-0.3, -0.25) is 4.79 Å². The van der Waals surface area contributed by atoms with E-state index in [4.69, 9.17) is 0 Å². The zero-order chi connectivity index (χ0) is 14.0. The molecule has 0 aliphatic rings. The summed E-state index contributed by atoms with van der Waals surface area (Å²) < 4.78 is 0. The number of rotatable bonds is 3. The Kier molecular flexibility index (Phi) is 4.20. The van der Waals surface area contributed by atoms with E-state index in [0.29, 0.717) is 6.54 Å². The van der Waals surface area contributed by atoms with Gasteiger partial charge in [-0.2, -0.15) is 0 Å². The van der Waals surface area contributed by atoms with Gasteiger partial charge in [-0.1, -0.05) is 52.3 Å². The van der Waals surface area contributed by atoms with Crippen LogP contribution in [-0.4, -0.2) is 12.5 Å². The van der Waals surface area contributed by atoms with Gasteiger partial charge >= 0.3 is 0 Å². The minimum absolute atomic E-state index is 0.00678. The summed E-state index contributed by atoms with van der Waals surface area (Å²) in [6, 6.07) is 7.66. The molecule has 0 aromatic heterocycles. The molecule has 1 N–H and O–H groups in total. The number of aryl methyl sites for hydroxylation is 1. The first-order valence-corrected chi connectivity index (χ1v) is 6.48. The molecular weight excluding hydrogens is 222 g/mol. The highest BCUT2D eigenvalue weighted by molar-refractivity contribution is 5.94. The van der Waals surface area contributed by atoms with Crippen LogP contribution < -0.4 is 5.32 Å². The molecule has 0 radical (unpaired) electrons. The van der Waals surface area contributed by atoms with Crippen LogP contribution in [0.4, 0.5) is 0 Å². The summed E-state index contributed by atoms with van der Waals surface area (Å²) in [5.41, 5.74) is 2.12. The summed E-state index contributed by atoms with van der Waals surface area (Å²) in [6.07, 6.45) is 0. The highest BCUT2D eigenvalue weighted by Crippen LogP contribution is 2.36. The standard InChI is InChI=1S/C16H25NO/c1-12-7-9-13(10-8-12)14(18)17-11-16(5,6)15(2,3)4/h7-10H,11H2,1-6H3,(H,17,18). The van der Waals surface area contributed by atoms with E-state index in [9.17, 15) is 4.79 Å². The summed E-state index contributed by atoms with van der Waals surface area (Å²) in [5.74, 6) is 0.00678. The third-order valence-corrected chi connectivity index (χ3v) is 4.03. The van der Waals surface area contributed by atoms with Crippen molar-refractivity contribution in [1.82, 2.24) is 5.32 Å². The number of carbonyl (C=O) groups excluding carboxylic acids is 1. The van der Waals surface area contributed by atoms with Crippen molar-refractivity contribution in [2.75, 3.05) is 6.54 Å². The monoisotopic (exact) mass is 247 g/mol. The van der Waals surface area contributed by atoms with Crippen LogP contribution in [0.2, 0.25) is 0 Å². The minimum atomic E-state index is 0.00678. The molecule has 0 saturated carbocycles. The van der Waals surface area contributed by atoms with Crippen LogP contribution in [0.1, 0.15) is 50.5 Å². The predicted octanol–water partition coefficient (Wildman–Crippen LogP) is 3.80. The third kappa shape index (κ3) is 3.59. The van der Waals surface area contributed by atoms with Crippen molar-refractivity contribution in [1.29, 1.82) is 0 Å². The first-order chi connectivity index (χ1) is 8.13. The molecule has 0 spiro atoms. The Hall–Kier alpha value is -1.31. The molecule has 0 unspecified atom stereocenters. The second-order valence-electron chi connectivity index (χ2n) is 6.68. The first kappa shape index (κ1) is 14.7. The highest BCUT2D eigenvalue weighted by atomic mass is 16.1. The topological polar surface area (TPSA) is 29.1 Å². The Morgan fingerprint density at radius 3 is 2.00 bits per heavy atom. The number of carbonyl (C=O) groups is 1. The number of hydrogen-bond donors (Lipinski definition) is 1. The molecule has 1 rings (SSSR count). The molecule has 0 fully saturated rings. The van der Waals surface area contributed by atoms with Crippen LogP contribution in [0, 0.1) is 17.8 Å².